The Morgan fingerprint density at radius 3 is 2.68 bits per heavy atom. The summed E-state index contributed by atoms with van der Waals surface area (Å²) in [6.45, 7) is 2.06. The molecule has 0 atom stereocenters. The number of hydrogen-bond donors (Lipinski definition) is 1. The second-order valence-electron chi connectivity index (χ2n) is 4.02. The minimum Gasteiger partial charge on any atom is -0.496 e. The SMILES string of the molecule is CCc1cc(NC)nc(-c2ccc(Cl)cc2OC)n1. The Kier molecular flexibility index (Phi) is 4.22. The molecule has 0 aliphatic heterocycles. The van der Waals surface area contributed by atoms with Gasteiger partial charge in [0.15, 0.2) is 5.82 Å². The van der Waals surface area contributed by atoms with Crippen molar-refractivity contribution in [3.63, 3.8) is 0 Å². The topological polar surface area (TPSA) is 47.0 Å². The van der Waals surface area contributed by atoms with E-state index in [4.69, 9.17) is 16.3 Å². The smallest absolute Gasteiger partial charge is 0.165 e. The maximum absolute atomic E-state index is 5.97. The minimum absolute atomic E-state index is 0.626. The van der Waals surface area contributed by atoms with Crippen molar-refractivity contribution in [1.29, 1.82) is 0 Å². The molecule has 0 spiro atoms. The number of anilines is 1. The Labute approximate surface area is 117 Å². The van der Waals surface area contributed by atoms with Gasteiger partial charge in [-0.3, -0.25) is 0 Å². The number of hydrogen-bond acceptors (Lipinski definition) is 4. The van der Waals surface area contributed by atoms with E-state index in [1.54, 1.807) is 19.2 Å². The summed E-state index contributed by atoms with van der Waals surface area (Å²) in [5.41, 5.74) is 1.81. The standard InChI is InChI=1S/C14H16ClN3O/c1-4-10-8-13(16-2)18-14(17-10)11-6-5-9(15)7-12(11)19-3/h5-8H,4H2,1-3H3,(H,16,17,18). The van der Waals surface area contributed by atoms with Gasteiger partial charge in [0.25, 0.3) is 0 Å². The van der Waals surface area contributed by atoms with E-state index in [1.165, 1.54) is 0 Å². The molecule has 0 bridgehead atoms. The van der Waals surface area contributed by atoms with Crippen molar-refractivity contribution < 1.29 is 4.74 Å². The highest BCUT2D eigenvalue weighted by Crippen LogP contribution is 2.31. The van der Waals surface area contributed by atoms with Crippen molar-refractivity contribution in [2.45, 2.75) is 13.3 Å². The lowest BCUT2D eigenvalue weighted by Gasteiger charge is -2.10. The third-order valence-corrected chi connectivity index (χ3v) is 3.04. The van der Waals surface area contributed by atoms with Crippen LogP contribution in [0.2, 0.25) is 5.02 Å². The highest BCUT2D eigenvalue weighted by atomic mass is 35.5. The van der Waals surface area contributed by atoms with Gasteiger partial charge in [0.2, 0.25) is 0 Å². The van der Waals surface area contributed by atoms with E-state index in [9.17, 15) is 0 Å². The first kappa shape index (κ1) is 13.6. The lowest BCUT2D eigenvalue weighted by atomic mass is 10.1. The molecule has 2 aromatic rings. The number of aryl methyl sites for hydroxylation is 1. The van der Waals surface area contributed by atoms with E-state index >= 15 is 0 Å². The fourth-order valence-corrected chi connectivity index (χ4v) is 1.94. The van der Waals surface area contributed by atoms with Crippen LogP contribution < -0.4 is 10.1 Å². The molecule has 1 heterocycles. The fourth-order valence-electron chi connectivity index (χ4n) is 1.78. The monoisotopic (exact) mass is 277 g/mol. The first-order valence-corrected chi connectivity index (χ1v) is 6.45. The summed E-state index contributed by atoms with van der Waals surface area (Å²) >= 11 is 5.97. The predicted octanol–water partition coefficient (Wildman–Crippen LogP) is 3.41. The molecular formula is C14H16ClN3O. The van der Waals surface area contributed by atoms with Gasteiger partial charge in [-0.2, -0.15) is 0 Å². The summed E-state index contributed by atoms with van der Waals surface area (Å²) in [5.74, 6) is 2.10. The Morgan fingerprint density at radius 1 is 1.26 bits per heavy atom. The van der Waals surface area contributed by atoms with Crippen molar-refractivity contribution in [2.24, 2.45) is 0 Å². The van der Waals surface area contributed by atoms with Gasteiger partial charge < -0.3 is 10.1 Å². The van der Waals surface area contributed by atoms with E-state index < -0.39 is 0 Å². The Hall–Kier alpha value is -1.81. The number of methoxy groups -OCH3 is 1. The van der Waals surface area contributed by atoms with Gasteiger partial charge in [0.05, 0.1) is 12.7 Å². The van der Waals surface area contributed by atoms with Crippen LogP contribution in [-0.4, -0.2) is 24.1 Å². The van der Waals surface area contributed by atoms with Gasteiger partial charge in [-0.1, -0.05) is 18.5 Å². The molecular weight excluding hydrogens is 262 g/mol. The Morgan fingerprint density at radius 2 is 2.05 bits per heavy atom. The molecule has 100 valence electrons. The highest BCUT2D eigenvalue weighted by molar-refractivity contribution is 6.30. The van der Waals surface area contributed by atoms with Gasteiger partial charge in [-0.15, -0.1) is 0 Å². The number of rotatable bonds is 4. The van der Waals surface area contributed by atoms with E-state index in [2.05, 4.69) is 22.2 Å². The molecule has 0 amide bonds. The molecule has 4 nitrogen and oxygen atoms in total. The highest BCUT2D eigenvalue weighted by Gasteiger charge is 2.11. The number of ether oxygens (including phenoxy) is 1. The lowest BCUT2D eigenvalue weighted by molar-refractivity contribution is 0.416. The van der Waals surface area contributed by atoms with Crippen LogP contribution in [0.5, 0.6) is 5.75 Å². The number of nitrogens with one attached hydrogen (secondary N) is 1. The molecule has 1 aromatic carbocycles. The molecule has 0 fully saturated rings. The van der Waals surface area contributed by atoms with Crippen LogP contribution in [0.3, 0.4) is 0 Å². The number of halogens is 1. The van der Waals surface area contributed by atoms with Gasteiger partial charge in [0.1, 0.15) is 11.6 Å². The second kappa shape index (κ2) is 5.89. The number of benzene rings is 1. The van der Waals surface area contributed by atoms with Gasteiger partial charge in [0, 0.05) is 23.8 Å². The number of aromatic nitrogens is 2. The van der Waals surface area contributed by atoms with Crippen LogP contribution in [0.1, 0.15) is 12.6 Å². The zero-order valence-corrected chi connectivity index (χ0v) is 12.0. The zero-order valence-electron chi connectivity index (χ0n) is 11.2. The van der Waals surface area contributed by atoms with E-state index in [0.717, 1.165) is 23.5 Å². The fraction of sp³-hybridized carbons (Fsp3) is 0.286. The molecule has 0 saturated carbocycles. The van der Waals surface area contributed by atoms with Crippen molar-refractivity contribution in [3.8, 4) is 17.1 Å². The molecule has 2 rings (SSSR count). The number of nitrogens with zero attached hydrogens (tertiary/aromatic N) is 2. The van der Waals surface area contributed by atoms with Gasteiger partial charge in [-0.05, 0) is 24.6 Å². The quantitative estimate of drug-likeness (QED) is 0.930. The average molecular weight is 278 g/mol. The molecule has 1 aromatic heterocycles. The van der Waals surface area contributed by atoms with Crippen LogP contribution in [0.15, 0.2) is 24.3 Å². The molecule has 0 radical (unpaired) electrons. The third-order valence-electron chi connectivity index (χ3n) is 2.80. The van der Waals surface area contributed by atoms with Gasteiger partial charge in [-0.25, -0.2) is 9.97 Å². The summed E-state index contributed by atoms with van der Waals surface area (Å²) in [7, 11) is 3.45. The van der Waals surface area contributed by atoms with Crippen molar-refractivity contribution in [1.82, 2.24) is 9.97 Å². The van der Waals surface area contributed by atoms with Gasteiger partial charge >= 0.3 is 0 Å². The van der Waals surface area contributed by atoms with Crippen LogP contribution in [0, 0.1) is 0 Å². The first-order chi connectivity index (χ1) is 9.17. The molecule has 0 saturated heterocycles. The predicted molar refractivity (Wildman–Crippen MR) is 78.0 cm³/mol. The molecule has 19 heavy (non-hydrogen) atoms. The average Bonchev–Trinajstić information content (AvgIpc) is 2.46. The summed E-state index contributed by atoms with van der Waals surface area (Å²) in [6.07, 6.45) is 0.847. The minimum atomic E-state index is 0.626. The molecule has 0 aliphatic carbocycles. The summed E-state index contributed by atoms with van der Waals surface area (Å²) in [6, 6.07) is 7.37. The Bertz CT molecular complexity index is 565. The van der Waals surface area contributed by atoms with Crippen LogP contribution >= 0.6 is 11.6 Å². The molecule has 0 aliphatic rings. The van der Waals surface area contributed by atoms with E-state index in [-0.39, 0.29) is 0 Å². The van der Waals surface area contributed by atoms with Crippen LogP contribution in [0.4, 0.5) is 5.82 Å². The molecule has 0 unspecified atom stereocenters. The maximum atomic E-state index is 5.97. The largest absolute Gasteiger partial charge is 0.496 e. The lowest BCUT2D eigenvalue weighted by Crippen LogP contribution is -2.01. The normalized spacial score (nSPS) is 10.3. The first-order valence-electron chi connectivity index (χ1n) is 6.07. The Balaban J connectivity index is 2.57. The third kappa shape index (κ3) is 2.96. The van der Waals surface area contributed by atoms with Crippen molar-refractivity contribution >= 4 is 17.4 Å². The second-order valence-corrected chi connectivity index (χ2v) is 4.45. The van der Waals surface area contributed by atoms with Crippen molar-refractivity contribution in [2.75, 3.05) is 19.5 Å². The van der Waals surface area contributed by atoms with E-state index in [1.807, 2.05) is 19.2 Å². The molecule has 1 N–H and O–H groups in total. The summed E-state index contributed by atoms with van der Waals surface area (Å²) < 4.78 is 5.34. The molecule has 5 heteroatoms. The summed E-state index contributed by atoms with van der Waals surface area (Å²) in [5, 5.41) is 3.67. The summed E-state index contributed by atoms with van der Waals surface area (Å²) in [4.78, 5) is 9.00. The van der Waals surface area contributed by atoms with Crippen LogP contribution in [-0.2, 0) is 6.42 Å². The van der Waals surface area contributed by atoms with E-state index in [0.29, 0.717) is 16.6 Å². The van der Waals surface area contributed by atoms with Crippen molar-refractivity contribution in [3.05, 3.63) is 35.0 Å². The van der Waals surface area contributed by atoms with Crippen LogP contribution in [0.25, 0.3) is 11.4 Å². The zero-order chi connectivity index (χ0) is 13.8. The maximum Gasteiger partial charge on any atom is 0.165 e.